The monoisotopic (exact) mass is 438 g/mol. The number of hydrogen-bond acceptors (Lipinski definition) is 4. The van der Waals surface area contributed by atoms with E-state index in [1.54, 1.807) is 30.3 Å². The quantitative estimate of drug-likeness (QED) is 0.774. The molecular formula is C19H20BrClN2O3. The van der Waals surface area contributed by atoms with Gasteiger partial charge in [0.1, 0.15) is 11.5 Å². The summed E-state index contributed by atoms with van der Waals surface area (Å²) in [5.41, 5.74) is 0.880. The van der Waals surface area contributed by atoms with Crippen LogP contribution in [0.15, 0.2) is 46.9 Å². The lowest BCUT2D eigenvalue weighted by Gasteiger charge is -2.34. The van der Waals surface area contributed by atoms with Crippen LogP contribution in [0.5, 0.6) is 11.5 Å². The lowest BCUT2D eigenvalue weighted by molar-refractivity contribution is -0.135. The molecule has 1 N–H and O–H groups in total. The second kappa shape index (κ2) is 8.75. The number of piperazine rings is 1. The van der Waals surface area contributed by atoms with Crippen molar-refractivity contribution in [1.29, 1.82) is 0 Å². The third-order valence-electron chi connectivity index (χ3n) is 4.34. The standard InChI is InChI=1S/C19H20BrClN2O3/c20-15-1-6-18(24)14(11-15)12-22-7-9-23(10-8-22)19(25)13-26-17-4-2-16(21)3-5-17/h1-6,11,24H,7-10,12-13H2. The average molecular weight is 440 g/mol. The highest BCUT2D eigenvalue weighted by atomic mass is 79.9. The fraction of sp³-hybridized carbons (Fsp3) is 0.316. The highest BCUT2D eigenvalue weighted by Crippen LogP contribution is 2.23. The summed E-state index contributed by atoms with van der Waals surface area (Å²) in [6, 6.07) is 12.4. The normalized spacial score (nSPS) is 15.1. The second-order valence-electron chi connectivity index (χ2n) is 6.17. The SMILES string of the molecule is O=C(COc1ccc(Cl)cc1)N1CCN(Cc2cc(Br)ccc2O)CC1. The van der Waals surface area contributed by atoms with Gasteiger partial charge >= 0.3 is 0 Å². The van der Waals surface area contributed by atoms with Gasteiger partial charge in [-0.25, -0.2) is 0 Å². The molecule has 2 aromatic rings. The largest absolute Gasteiger partial charge is 0.508 e. The number of aromatic hydroxyl groups is 1. The highest BCUT2D eigenvalue weighted by molar-refractivity contribution is 9.10. The Balaban J connectivity index is 1.46. The zero-order valence-corrected chi connectivity index (χ0v) is 16.5. The van der Waals surface area contributed by atoms with Gasteiger partial charge in [0.05, 0.1) is 0 Å². The van der Waals surface area contributed by atoms with Crippen LogP contribution in [-0.2, 0) is 11.3 Å². The zero-order chi connectivity index (χ0) is 18.5. The maximum absolute atomic E-state index is 12.3. The molecular weight excluding hydrogens is 420 g/mol. The summed E-state index contributed by atoms with van der Waals surface area (Å²) >= 11 is 9.26. The summed E-state index contributed by atoms with van der Waals surface area (Å²) in [6.07, 6.45) is 0. The summed E-state index contributed by atoms with van der Waals surface area (Å²) in [5, 5.41) is 10.6. The van der Waals surface area contributed by atoms with Crippen molar-refractivity contribution in [1.82, 2.24) is 9.80 Å². The molecule has 0 atom stereocenters. The maximum atomic E-state index is 12.3. The Kier molecular flexibility index (Phi) is 6.40. The van der Waals surface area contributed by atoms with E-state index in [4.69, 9.17) is 16.3 Å². The molecule has 1 aliphatic rings. The number of benzene rings is 2. The number of carbonyl (C=O) groups is 1. The lowest BCUT2D eigenvalue weighted by Crippen LogP contribution is -2.49. The van der Waals surface area contributed by atoms with Crippen molar-refractivity contribution < 1.29 is 14.6 Å². The Morgan fingerprint density at radius 3 is 2.50 bits per heavy atom. The molecule has 0 saturated carbocycles. The molecule has 26 heavy (non-hydrogen) atoms. The van der Waals surface area contributed by atoms with Crippen molar-refractivity contribution in [3.63, 3.8) is 0 Å². The predicted molar refractivity (Wildman–Crippen MR) is 105 cm³/mol. The Morgan fingerprint density at radius 1 is 1.12 bits per heavy atom. The summed E-state index contributed by atoms with van der Waals surface area (Å²) in [7, 11) is 0. The van der Waals surface area contributed by atoms with Crippen LogP contribution >= 0.6 is 27.5 Å². The molecule has 1 fully saturated rings. The number of nitrogens with zero attached hydrogens (tertiary/aromatic N) is 2. The number of hydrogen-bond donors (Lipinski definition) is 1. The van der Waals surface area contributed by atoms with Crippen molar-refractivity contribution in [2.24, 2.45) is 0 Å². The number of carbonyl (C=O) groups excluding carboxylic acids is 1. The van der Waals surface area contributed by atoms with Gasteiger partial charge in [-0.05, 0) is 42.5 Å². The van der Waals surface area contributed by atoms with E-state index in [9.17, 15) is 9.90 Å². The van der Waals surface area contributed by atoms with Crippen molar-refractivity contribution in [3.8, 4) is 11.5 Å². The first-order valence-electron chi connectivity index (χ1n) is 8.37. The van der Waals surface area contributed by atoms with E-state index in [2.05, 4.69) is 20.8 Å². The van der Waals surface area contributed by atoms with Crippen molar-refractivity contribution in [3.05, 3.63) is 57.5 Å². The summed E-state index contributed by atoms with van der Waals surface area (Å²) in [4.78, 5) is 16.4. The van der Waals surface area contributed by atoms with Gasteiger partial charge in [0.2, 0.25) is 0 Å². The lowest BCUT2D eigenvalue weighted by atomic mass is 10.1. The van der Waals surface area contributed by atoms with Gasteiger partial charge in [-0.15, -0.1) is 0 Å². The Morgan fingerprint density at radius 2 is 1.81 bits per heavy atom. The average Bonchev–Trinajstić information content (AvgIpc) is 2.64. The molecule has 2 aromatic carbocycles. The maximum Gasteiger partial charge on any atom is 0.260 e. The predicted octanol–water partition coefficient (Wildman–Crippen LogP) is 3.53. The molecule has 1 aliphatic heterocycles. The first kappa shape index (κ1) is 19.0. The third-order valence-corrected chi connectivity index (χ3v) is 5.08. The van der Waals surface area contributed by atoms with Gasteiger partial charge < -0.3 is 14.7 Å². The molecule has 7 heteroatoms. The minimum atomic E-state index is -0.0232. The van der Waals surface area contributed by atoms with E-state index < -0.39 is 0 Å². The van der Waals surface area contributed by atoms with E-state index in [1.807, 2.05) is 17.0 Å². The first-order valence-corrected chi connectivity index (χ1v) is 9.54. The van der Waals surface area contributed by atoms with Crippen LogP contribution in [0, 0.1) is 0 Å². The summed E-state index contributed by atoms with van der Waals surface area (Å²) in [5.74, 6) is 0.902. The van der Waals surface area contributed by atoms with Crippen LogP contribution in [0.25, 0.3) is 0 Å². The number of phenolic OH excluding ortho intramolecular Hbond substituents is 1. The summed E-state index contributed by atoms with van der Waals surface area (Å²) < 4.78 is 6.47. The molecule has 138 valence electrons. The fourth-order valence-electron chi connectivity index (χ4n) is 2.84. The zero-order valence-electron chi connectivity index (χ0n) is 14.2. The minimum Gasteiger partial charge on any atom is -0.508 e. The van der Waals surface area contributed by atoms with E-state index in [0.29, 0.717) is 36.2 Å². The number of rotatable bonds is 5. The molecule has 0 bridgehead atoms. The van der Waals surface area contributed by atoms with E-state index in [-0.39, 0.29) is 12.5 Å². The molecule has 1 heterocycles. The van der Waals surface area contributed by atoms with Crippen LogP contribution < -0.4 is 4.74 Å². The summed E-state index contributed by atoms with van der Waals surface area (Å²) in [6.45, 7) is 3.51. The van der Waals surface area contributed by atoms with Gasteiger partial charge in [0.15, 0.2) is 6.61 Å². The molecule has 0 unspecified atom stereocenters. The van der Waals surface area contributed by atoms with Crippen molar-refractivity contribution in [2.45, 2.75) is 6.54 Å². The van der Waals surface area contributed by atoms with Crippen LogP contribution in [0.3, 0.4) is 0 Å². The van der Waals surface area contributed by atoms with Gasteiger partial charge in [-0.1, -0.05) is 27.5 Å². The van der Waals surface area contributed by atoms with Gasteiger partial charge in [-0.2, -0.15) is 0 Å². The molecule has 5 nitrogen and oxygen atoms in total. The molecule has 0 aromatic heterocycles. The van der Waals surface area contributed by atoms with Crippen LogP contribution in [0.2, 0.25) is 5.02 Å². The van der Waals surface area contributed by atoms with Crippen LogP contribution in [0.4, 0.5) is 0 Å². The third kappa shape index (κ3) is 5.13. The molecule has 0 aliphatic carbocycles. The van der Waals surface area contributed by atoms with Crippen LogP contribution in [0.1, 0.15) is 5.56 Å². The Hall–Kier alpha value is -1.76. The smallest absolute Gasteiger partial charge is 0.260 e. The Bertz CT molecular complexity index is 762. The van der Waals surface area contributed by atoms with Crippen LogP contribution in [-0.4, -0.2) is 53.6 Å². The van der Waals surface area contributed by atoms with E-state index in [1.165, 1.54) is 0 Å². The number of halogens is 2. The minimum absolute atomic E-state index is 0.0219. The molecule has 0 spiro atoms. The number of amides is 1. The topological polar surface area (TPSA) is 53.0 Å². The second-order valence-corrected chi connectivity index (χ2v) is 7.52. The Labute approximate surface area is 166 Å². The number of phenols is 1. The van der Waals surface area contributed by atoms with Gasteiger partial charge in [0, 0.05) is 47.8 Å². The molecule has 3 rings (SSSR count). The fourth-order valence-corrected chi connectivity index (χ4v) is 3.38. The number of ether oxygens (including phenoxy) is 1. The highest BCUT2D eigenvalue weighted by Gasteiger charge is 2.22. The van der Waals surface area contributed by atoms with E-state index >= 15 is 0 Å². The van der Waals surface area contributed by atoms with Crippen molar-refractivity contribution in [2.75, 3.05) is 32.8 Å². The molecule has 1 amide bonds. The molecule has 1 saturated heterocycles. The van der Waals surface area contributed by atoms with Gasteiger partial charge in [0.25, 0.3) is 5.91 Å². The van der Waals surface area contributed by atoms with Gasteiger partial charge in [-0.3, -0.25) is 9.69 Å². The first-order chi connectivity index (χ1) is 12.5. The van der Waals surface area contributed by atoms with Crippen molar-refractivity contribution >= 4 is 33.4 Å². The molecule has 0 radical (unpaired) electrons. The van der Waals surface area contributed by atoms with E-state index in [0.717, 1.165) is 23.1 Å².